The Morgan fingerprint density at radius 1 is 1.23 bits per heavy atom. The second kappa shape index (κ2) is 8.70. The zero-order valence-electron chi connectivity index (χ0n) is 20.1. The number of hydrogen-bond acceptors (Lipinski definition) is 8. The lowest BCUT2D eigenvalue weighted by Gasteiger charge is -2.55. The predicted octanol–water partition coefficient (Wildman–Crippen LogP) is 3.74. The highest BCUT2D eigenvalue weighted by Crippen LogP contribution is 2.42. The minimum Gasteiger partial charge on any atom is -0.489 e. The first kappa shape index (κ1) is 22.7. The number of anilines is 1. The van der Waals surface area contributed by atoms with Crippen molar-refractivity contribution in [2.24, 2.45) is 5.92 Å². The summed E-state index contributed by atoms with van der Waals surface area (Å²) in [5, 5.41) is 24.0. The van der Waals surface area contributed by atoms with Gasteiger partial charge in [-0.3, -0.25) is 0 Å². The molecular weight excluding hydrogens is 460 g/mol. The van der Waals surface area contributed by atoms with Crippen molar-refractivity contribution in [3.8, 4) is 22.9 Å². The summed E-state index contributed by atoms with van der Waals surface area (Å²) < 4.78 is 10.1. The van der Waals surface area contributed by atoms with Gasteiger partial charge in [0.2, 0.25) is 0 Å². The van der Waals surface area contributed by atoms with Gasteiger partial charge in [0.05, 0.1) is 29.1 Å². The van der Waals surface area contributed by atoms with Gasteiger partial charge in [0, 0.05) is 48.2 Å². The minimum atomic E-state index is -0.957. The van der Waals surface area contributed by atoms with Crippen LogP contribution in [0.25, 0.3) is 16.6 Å². The van der Waals surface area contributed by atoms with Crippen LogP contribution in [-0.2, 0) is 0 Å². The fourth-order valence-corrected chi connectivity index (χ4v) is 6.36. The average molecular weight is 491 g/mol. The summed E-state index contributed by atoms with van der Waals surface area (Å²) in [5.41, 5.74) is 1.99. The van der Waals surface area contributed by atoms with E-state index in [-0.39, 0.29) is 6.61 Å². The minimum absolute atomic E-state index is 0.148. The third-order valence-corrected chi connectivity index (χ3v) is 8.48. The van der Waals surface area contributed by atoms with E-state index in [9.17, 15) is 10.4 Å². The monoisotopic (exact) mass is 490 g/mol. The van der Waals surface area contributed by atoms with E-state index in [1.54, 1.807) is 30.8 Å². The fourth-order valence-electron chi connectivity index (χ4n) is 4.92. The van der Waals surface area contributed by atoms with E-state index >= 15 is 0 Å². The normalized spacial score (nSPS) is 22.2. The fraction of sp³-hybridized carbons (Fsp3) is 0.500. The van der Waals surface area contributed by atoms with Crippen LogP contribution >= 0.6 is 11.9 Å². The van der Waals surface area contributed by atoms with Crippen molar-refractivity contribution in [3.05, 3.63) is 42.4 Å². The summed E-state index contributed by atoms with van der Waals surface area (Å²) >= 11 is 2.06. The molecule has 0 aromatic carbocycles. The molecule has 0 amide bonds. The maximum absolute atomic E-state index is 10.1. The molecule has 3 aromatic rings. The van der Waals surface area contributed by atoms with Gasteiger partial charge in [-0.25, -0.2) is 13.8 Å². The van der Waals surface area contributed by atoms with Crippen molar-refractivity contribution in [2.75, 3.05) is 30.3 Å². The number of rotatable bonds is 8. The van der Waals surface area contributed by atoms with Crippen LogP contribution in [0.1, 0.15) is 38.7 Å². The van der Waals surface area contributed by atoms with Gasteiger partial charge in [-0.15, -0.1) is 0 Å². The summed E-state index contributed by atoms with van der Waals surface area (Å²) in [4.78, 5) is 7.21. The van der Waals surface area contributed by atoms with Crippen molar-refractivity contribution in [3.63, 3.8) is 0 Å². The largest absolute Gasteiger partial charge is 0.489 e. The highest BCUT2D eigenvalue weighted by Gasteiger charge is 2.45. The molecule has 0 radical (unpaired) electrons. The smallest absolute Gasteiger partial charge is 0.138 e. The summed E-state index contributed by atoms with van der Waals surface area (Å²) in [5.74, 6) is 3.81. The van der Waals surface area contributed by atoms with Gasteiger partial charge in [0.1, 0.15) is 24.2 Å². The predicted molar refractivity (Wildman–Crippen MR) is 136 cm³/mol. The zero-order chi connectivity index (χ0) is 24.2. The molecule has 182 valence electrons. The number of pyridine rings is 2. The zero-order valence-corrected chi connectivity index (χ0v) is 20.9. The van der Waals surface area contributed by atoms with Crippen LogP contribution in [0.5, 0.6) is 5.75 Å². The first-order valence-electron chi connectivity index (χ1n) is 12.3. The molecule has 4 aliphatic rings. The van der Waals surface area contributed by atoms with E-state index in [1.165, 1.54) is 25.0 Å². The summed E-state index contributed by atoms with van der Waals surface area (Å²) in [6, 6.07) is 9.50. The maximum atomic E-state index is 10.1. The molecule has 3 saturated heterocycles. The number of ether oxygens (including phenoxy) is 1. The number of aliphatic hydroxyl groups is 1. The molecule has 2 bridgehead atoms. The Labute approximate surface area is 209 Å². The Morgan fingerprint density at radius 3 is 2.69 bits per heavy atom. The lowest BCUT2D eigenvalue weighted by Crippen LogP contribution is -2.66. The van der Waals surface area contributed by atoms with Crippen LogP contribution in [0.3, 0.4) is 0 Å². The van der Waals surface area contributed by atoms with Crippen molar-refractivity contribution >= 4 is 23.3 Å². The van der Waals surface area contributed by atoms with E-state index in [2.05, 4.69) is 44.5 Å². The van der Waals surface area contributed by atoms with Gasteiger partial charge in [-0.05, 0) is 57.2 Å². The molecule has 8 nitrogen and oxygen atoms in total. The maximum Gasteiger partial charge on any atom is 0.138 e. The molecule has 1 aliphatic carbocycles. The van der Waals surface area contributed by atoms with E-state index < -0.39 is 5.60 Å². The van der Waals surface area contributed by atoms with Crippen LogP contribution in [0.4, 0.5) is 5.82 Å². The molecule has 2 atom stereocenters. The van der Waals surface area contributed by atoms with Crippen molar-refractivity contribution < 1.29 is 9.84 Å². The third-order valence-electron chi connectivity index (χ3n) is 6.96. The Hall–Kier alpha value is -2.80. The van der Waals surface area contributed by atoms with Crippen molar-refractivity contribution in [1.82, 2.24) is 18.9 Å². The number of piperazine rings is 1. The van der Waals surface area contributed by atoms with Crippen LogP contribution < -0.4 is 9.64 Å². The van der Waals surface area contributed by atoms with Crippen molar-refractivity contribution in [2.45, 2.75) is 50.8 Å². The molecule has 4 fully saturated rings. The molecular formula is C26H30N6O2S. The quantitative estimate of drug-likeness (QED) is 0.478. The lowest BCUT2D eigenvalue weighted by molar-refractivity contribution is 0.0283. The van der Waals surface area contributed by atoms with E-state index in [0.29, 0.717) is 23.4 Å². The SMILES string of the molecule is CC(C)(O)COc1cc(-c2ccc(N3CC4CC(C3)N4SCC3CC3)nc2)c2c(C#N)cnn2c1. The molecule has 0 spiro atoms. The van der Waals surface area contributed by atoms with Crippen LogP contribution in [0.2, 0.25) is 0 Å². The standard InChI is InChI=1S/C26H30N6O2S/c1-26(2,33)16-34-22-8-23(25-19(9-27)11-29-31(25)14-22)18-5-6-24(28-10-18)30-12-20-7-21(13-30)32(20)35-15-17-3-4-17/h5-6,8,10-11,14,17,20-21,33H,3-4,7,12-13,15-16H2,1-2H3. The number of hydrogen-bond donors (Lipinski definition) is 1. The molecule has 7 rings (SSSR count). The first-order chi connectivity index (χ1) is 16.9. The van der Waals surface area contributed by atoms with Crippen molar-refractivity contribution in [1.29, 1.82) is 5.26 Å². The van der Waals surface area contributed by atoms with E-state index in [0.717, 1.165) is 41.5 Å². The molecule has 1 saturated carbocycles. The number of nitrogens with zero attached hydrogens (tertiary/aromatic N) is 6. The first-order valence-corrected chi connectivity index (χ1v) is 13.2. The van der Waals surface area contributed by atoms with Gasteiger partial charge in [0.15, 0.2) is 0 Å². The van der Waals surface area contributed by atoms with Crippen LogP contribution in [-0.4, -0.2) is 67.1 Å². The second-order valence-electron chi connectivity index (χ2n) is 10.6. The molecule has 1 N–H and O–H groups in total. The number of aromatic nitrogens is 3. The molecule has 9 heteroatoms. The number of nitriles is 1. The number of fused-ring (bicyclic) bond motifs is 3. The average Bonchev–Trinajstić information content (AvgIpc) is 3.58. The van der Waals surface area contributed by atoms with Gasteiger partial charge in [-0.1, -0.05) is 11.9 Å². The van der Waals surface area contributed by atoms with Gasteiger partial charge >= 0.3 is 0 Å². The topological polar surface area (TPSA) is 89.9 Å². The molecule has 2 unspecified atom stereocenters. The lowest BCUT2D eigenvalue weighted by atomic mass is 9.91. The summed E-state index contributed by atoms with van der Waals surface area (Å²) in [6.45, 7) is 5.59. The molecule has 6 heterocycles. The van der Waals surface area contributed by atoms with Gasteiger partial charge < -0.3 is 14.7 Å². The molecule has 35 heavy (non-hydrogen) atoms. The summed E-state index contributed by atoms with van der Waals surface area (Å²) in [6.07, 6.45) is 9.29. The van der Waals surface area contributed by atoms with Crippen LogP contribution in [0.15, 0.2) is 36.8 Å². The molecule has 3 aromatic heterocycles. The Balaban J connectivity index is 1.22. The third kappa shape index (κ3) is 4.58. The Kier molecular flexibility index (Phi) is 5.63. The van der Waals surface area contributed by atoms with E-state index in [4.69, 9.17) is 9.72 Å². The number of piperidine rings is 1. The highest BCUT2D eigenvalue weighted by atomic mass is 32.2. The summed E-state index contributed by atoms with van der Waals surface area (Å²) in [7, 11) is 0. The molecule has 3 aliphatic heterocycles. The second-order valence-corrected chi connectivity index (χ2v) is 11.6. The van der Waals surface area contributed by atoms with Gasteiger partial charge in [-0.2, -0.15) is 10.4 Å². The Bertz CT molecular complexity index is 1260. The highest BCUT2D eigenvalue weighted by molar-refractivity contribution is 7.97. The van der Waals surface area contributed by atoms with E-state index in [1.807, 2.05) is 12.3 Å². The Morgan fingerprint density at radius 2 is 2.03 bits per heavy atom. The van der Waals surface area contributed by atoms with Crippen LogP contribution in [0, 0.1) is 17.2 Å². The van der Waals surface area contributed by atoms with Gasteiger partial charge in [0.25, 0.3) is 0 Å².